The van der Waals surface area contributed by atoms with E-state index < -0.39 is 5.91 Å². The maximum atomic E-state index is 11.0. The van der Waals surface area contributed by atoms with Crippen molar-refractivity contribution in [3.05, 3.63) is 41.7 Å². The fraction of sp³-hybridized carbons (Fsp3) is 0.385. The number of aryl methyl sites for hydroxylation is 1. The van der Waals surface area contributed by atoms with E-state index in [0.717, 1.165) is 31.0 Å². The monoisotopic (exact) mass is 272 g/mol. The third-order valence-corrected chi connectivity index (χ3v) is 3.44. The molecule has 0 spiro atoms. The highest BCUT2D eigenvalue weighted by Gasteiger charge is 2.29. The second-order valence-corrected chi connectivity index (χ2v) is 5.06. The quantitative estimate of drug-likeness (QED) is 0.855. The predicted molar refractivity (Wildman–Crippen MR) is 71.8 cm³/mol. The van der Waals surface area contributed by atoms with Gasteiger partial charge in [-0.25, -0.2) is 9.97 Å². The lowest BCUT2D eigenvalue weighted by Crippen LogP contribution is -2.47. The SMILES string of the molecule is Cc1ncc(CN2CC(n3cc(C(N)=O)cn3)C2)cn1. The minimum atomic E-state index is -0.441. The van der Waals surface area contributed by atoms with E-state index in [1.807, 2.05) is 24.0 Å². The van der Waals surface area contributed by atoms with Crippen molar-refractivity contribution in [2.45, 2.75) is 19.5 Å². The van der Waals surface area contributed by atoms with Crippen LogP contribution in [-0.2, 0) is 6.54 Å². The van der Waals surface area contributed by atoms with Gasteiger partial charge >= 0.3 is 0 Å². The van der Waals surface area contributed by atoms with Crippen LogP contribution >= 0.6 is 0 Å². The third kappa shape index (κ3) is 2.53. The Labute approximate surface area is 116 Å². The number of aromatic nitrogens is 4. The minimum Gasteiger partial charge on any atom is -0.366 e. The van der Waals surface area contributed by atoms with E-state index >= 15 is 0 Å². The second-order valence-electron chi connectivity index (χ2n) is 5.06. The van der Waals surface area contributed by atoms with Gasteiger partial charge in [0, 0.05) is 43.8 Å². The van der Waals surface area contributed by atoms with E-state index in [9.17, 15) is 4.79 Å². The van der Waals surface area contributed by atoms with Gasteiger partial charge in [-0.3, -0.25) is 14.4 Å². The Balaban J connectivity index is 1.55. The van der Waals surface area contributed by atoms with E-state index in [0.29, 0.717) is 11.6 Å². The van der Waals surface area contributed by atoms with Crippen LogP contribution in [0, 0.1) is 6.92 Å². The summed E-state index contributed by atoms with van der Waals surface area (Å²) in [5.41, 5.74) is 6.77. The molecule has 1 fully saturated rings. The van der Waals surface area contributed by atoms with Crippen molar-refractivity contribution in [3.63, 3.8) is 0 Å². The zero-order valence-electron chi connectivity index (χ0n) is 11.2. The smallest absolute Gasteiger partial charge is 0.251 e. The van der Waals surface area contributed by atoms with E-state index in [4.69, 9.17) is 5.73 Å². The van der Waals surface area contributed by atoms with E-state index in [1.165, 1.54) is 6.20 Å². The molecule has 7 heteroatoms. The van der Waals surface area contributed by atoms with Gasteiger partial charge in [0.15, 0.2) is 0 Å². The van der Waals surface area contributed by atoms with Crippen LogP contribution in [0.15, 0.2) is 24.8 Å². The summed E-state index contributed by atoms with van der Waals surface area (Å²) in [5, 5.41) is 4.18. The Kier molecular flexibility index (Phi) is 3.19. The van der Waals surface area contributed by atoms with Crippen LogP contribution in [0.4, 0.5) is 0 Å². The zero-order valence-corrected chi connectivity index (χ0v) is 11.2. The van der Waals surface area contributed by atoms with E-state index in [-0.39, 0.29) is 0 Å². The largest absolute Gasteiger partial charge is 0.366 e. The second kappa shape index (κ2) is 5.01. The molecule has 3 rings (SSSR count). The maximum Gasteiger partial charge on any atom is 0.251 e. The molecule has 0 aromatic carbocycles. The summed E-state index contributed by atoms with van der Waals surface area (Å²) in [6.07, 6.45) is 6.93. The molecule has 7 nitrogen and oxygen atoms in total. The van der Waals surface area contributed by atoms with Crippen molar-refractivity contribution in [1.82, 2.24) is 24.6 Å². The molecule has 104 valence electrons. The number of carbonyl (C=O) groups excluding carboxylic acids is 1. The molecule has 0 atom stereocenters. The van der Waals surface area contributed by atoms with Crippen LogP contribution in [-0.4, -0.2) is 43.6 Å². The number of rotatable bonds is 4. The molecular formula is C13H16N6O. The van der Waals surface area contributed by atoms with Gasteiger partial charge in [0.2, 0.25) is 0 Å². The summed E-state index contributed by atoms with van der Waals surface area (Å²) >= 11 is 0. The van der Waals surface area contributed by atoms with Crippen LogP contribution < -0.4 is 5.73 Å². The lowest BCUT2D eigenvalue weighted by atomic mass is 10.1. The van der Waals surface area contributed by atoms with Gasteiger partial charge in [0.05, 0.1) is 17.8 Å². The summed E-state index contributed by atoms with van der Waals surface area (Å²) in [5.74, 6) is 0.343. The molecule has 2 aromatic rings. The van der Waals surface area contributed by atoms with Crippen LogP contribution in [0.5, 0.6) is 0 Å². The average Bonchev–Trinajstić information content (AvgIpc) is 2.85. The van der Waals surface area contributed by atoms with Crippen molar-refractivity contribution in [2.75, 3.05) is 13.1 Å². The van der Waals surface area contributed by atoms with Crippen molar-refractivity contribution >= 4 is 5.91 Å². The molecule has 1 amide bonds. The summed E-state index contributed by atoms with van der Waals surface area (Å²) in [6.45, 7) is 4.50. The van der Waals surface area contributed by atoms with Gasteiger partial charge in [0.25, 0.3) is 5.91 Å². The highest BCUT2D eigenvalue weighted by Crippen LogP contribution is 2.22. The Morgan fingerprint density at radius 1 is 1.35 bits per heavy atom. The molecule has 20 heavy (non-hydrogen) atoms. The fourth-order valence-electron chi connectivity index (χ4n) is 2.26. The molecule has 0 aliphatic carbocycles. The molecule has 0 saturated carbocycles. The van der Waals surface area contributed by atoms with Gasteiger partial charge in [-0.15, -0.1) is 0 Å². The molecular weight excluding hydrogens is 256 g/mol. The standard InChI is InChI=1S/C13H16N6O/c1-9-15-2-10(3-16-9)5-18-7-12(8-18)19-6-11(4-17-19)13(14)20/h2-4,6,12H,5,7-8H2,1H3,(H2,14,20). The normalized spacial score (nSPS) is 16.1. The molecule has 1 aliphatic heterocycles. The number of hydrogen-bond acceptors (Lipinski definition) is 5. The highest BCUT2D eigenvalue weighted by atomic mass is 16.1. The van der Waals surface area contributed by atoms with Gasteiger partial charge in [0.1, 0.15) is 5.82 Å². The van der Waals surface area contributed by atoms with Crippen LogP contribution in [0.25, 0.3) is 0 Å². The molecule has 0 radical (unpaired) electrons. The molecule has 1 saturated heterocycles. The summed E-state index contributed by atoms with van der Waals surface area (Å²) in [6, 6.07) is 0.300. The van der Waals surface area contributed by atoms with Crippen molar-refractivity contribution in [1.29, 1.82) is 0 Å². The number of hydrogen-bond donors (Lipinski definition) is 1. The lowest BCUT2D eigenvalue weighted by Gasteiger charge is -2.39. The first-order valence-corrected chi connectivity index (χ1v) is 6.45. The molecule has 1 aliphatic rings. The number of carbonyl (C=O) groups is 1. The highest BCUT2D eigenvalue weighted by molar-refractivity contribution is 5.92. The molecule has 2 aromatic heterocycles. The summed E-state index contributed by atoms with van der Waals surface area (Å²) in [7, 11) is 0. The van der Waals surface area contributed by atoms with Gasteiger partial charge in [-0.05, 0) is 6.92 Å². The number of primary amides is 1. The minimum absolute atomic E-state index is 0.300. The first kappa shape index (κ1) is 12.7. The number of likely N-dealkylation sites (tertiary alicyclic amines) is 1. The van der Waals surface area contributed by atoms with Crippen molar-refractivity contribution in [3.8, 4) is 0 Å². The Hall–Kier alpha value is -2.28. The van der Waals surface area contributed by atoms with Crippen molar-refractivity contribution in [2.24, 2.45) is 5.73 Å². The van der Waals surface area contributed by atoms with Crippen LogP contribution in [0.1, 0.15) is 27.8 Å². The zero-order chi connectivity index (χ0) is 14.1. The van der Waals surface area contributed by atoms with E-state index in [2.05, 4.69) is 20.0 Å². The maximum absolute atomic E-state index is 11.0. The Morgan fingerprint density at radius 3 is 2.65 bits per heavy atom. The third-order valence-electron chi connectivity index (χ3n) is 3.44. The first-order valence-electron chi connectivity index (χ1n) is 6.45. The van der Waals surface area contributed by atoms with Crippen molar-refractivity contribution < 1.29 is 4.79 Å². The first-order chi connectivity index (χ1) is 9.61. The Morgan fingerprint density at radius 2 is 2.05 bits per heavy atom. The predicted octanol–water partition coefficient (Wildman–Crippen LogP) is 0.137. The molecule has 0 unspecified atom stereocenters. The molecule has 2 N–H and O–H groups in total. The van der Waals surface area contributed by atoms with Crippen LogP contribution in [0.3, 0.4) is 0 Å². The number of nitrogens with two attached hydrogens (primary N) is 1. The summed E-state index contributed by atoms with van der Waals surface area (Å²) in [4.78, 5) is 21.7. The van der Waals surface area contributed by atoms with Gasteiger partial charge in [-0.2, -0.15) is 5.10 Å². The average molecular weight is 272 g/mol. The van der Waals surface area contributed by atoms with Crippen LogP contribution in [0.2, 0.25) is 0 Å². The Bertz CT molecular complexity index is 614. The fourth-order valence-corrected chi connectivity index (χ4v) is 2.26. The van der Waals surface area contributed by atoms with E-state index in [1.54, 1.807) is 6.20 Å². The molecule has 3 heterocycles. The molecule has 0 bridgehead atoms. The number of amides is 1. The number of nitrogens with zero attached hydrogens (tertiary/aromatic N) is 5. The lowest BCUT2D eigenvalue weighted by molar-refractivity contribution is 0.0904. The van der Waals surface area contributed by atoms with Gasteiger partial charge < -0.3 is 5.73 Å². The topological polar surface area (TPSA) is 89.9 Å². The summed E-state index contributed by atoms with van der Waals surface area (Å²) < 4.78 is 1.81. The van der Waals surface area contributed by atoms with Gasteiger partial charge in [-0.1, -0.05) is 0 Å².